The average molecular weight is 301 g/mol. The molecule has 6 N–H and O–H groups in total. The van der Waals surface area contributed by atoms with Crippen LogP contribution < -0.4 is 16.8 Å². The lowest BCUT2D eigenvalue weighted by atomic mass is 9.54. The number of nitrogens with one attached hydrogen (secondary N) is 1. The van der Waals surface area contributed by atoms with Crippen LogP contribution in [0.1, 0.15) is 33.6 Å². The van der Waals surface area contributed by atoms with E-state index >= 15 is 0 Å². The molecule has 0 spiro atoms. The first kappa shape index (κ1) is 17.4. The van der Waals surface area contributed by atoms with Gasteiger partial charge in [0.05, 0.1) is 12.5 Å². The van der Waals surface area contributed by atoms with Crippen molar-refractivity contribution in [2.24, 2.45) is 16.9 Å². The van der Waals surface area contributed by atoms with Gasteiger partial charge in [-0.15, -0.1) is 0 Å². The molecule has 8 nitrogen and oxygen atoms in total. The maximum Gasteiger partial charge on any atom is 0.326 e. The van der Waals surface area contributed by atoms with Gasteiger partial charge >= 0.3 is 5.97 Å². The second-order valence-electron chi connectivity index (χ2n) is 5.88. The van der Waals surface area contributed by atoms with Crippen molar-refractivity contribution in [2.45, 2.75) is 51.3 Å². The maximum absolute atomic E-state index is 12.3. The summed E-state index contributed by atoms with van der Waals surface area (Å²) < 4.78 is 5.51. The fourth-order valence-electron chi connectivity index (χ4n) is 2.51. The van der Waals surface area contributed by atoms with Crippen molar-refractivity contribution in [3.63, 3.8) is 0 Å². The van der Waals surface area contributed by atoms with Gasteiger partial charge in [-0.05, 0) is 6.92 Å². The van der Waals surface area contributed by atoms with Crippen LogP contribution in [0.3, 0.4) is 0 Å². The number of hydrogen-bond donors (Lipinski definition) is 4. The SMILES string of the molecule is CCOC1CC(N)(C(=O)N[C@@H](CC(N)=O)C(=O)O)C1(C)C. The molecular formula is C13H23N3O5. The second kappa shape index (κ2) is 5.98. The van der Waals surface area contributed by atoms with E-state index < -0.39 is 41.2 Å². The molecule has 1 aliphatic rings. The van der Waals surface area contributed by atoms with Gasteiger partial charge < -0.3 is 26.6 Å². The van der Waals surface area contributed by atoms with Gasteiger partial charge in [-0.3, -0.25) is 9.59 Å². The highest BCUT2D eigenvalue weighted by molar-refractivity contribution is 5.93. The van der Waals surface area contributed by atoms with Gasteiger partial charge in [-0.1, -0.05) is 13.8 Å². The van der Waals surface area contributed by atoms with Crippen molar-refractivity contribution in [1.29, 1.82) is 0 Å². The molecule has 0 radical (unpaired) electrons. The number of carboxylic acid groups (broad SMARTS) is 1. The number of nitrogens with two attached hydrogens (primary N) is 2. The predicted octanol–water partition coefficient (Wildman–Crippen LogP) is -1.04. The quantitative estimate of drug-likeness (QED) is 0.473. The molecule has 0 aromatic heterocycles. The van der Waals surface area contributed by atoms with Crippen LogP contribution in [0.5, 0.6) is 0 Å². The molecule has 1 rings (SSSR count). The summed E-state index contributed by atoms with van der Waals surface area (Å²) in [6.45, 7) is 5.94. The lowest BCUT2D eigenvalue weighted by Crippen LogP contribution is -2.76. The van der Waals surface area contributed by atoms with Crippen molar-refractivity contribution in [2.75, 3.05) is 6.61 Å². The topological polar surface area (TPSA) is 145 Å². The third-order valence-electron chi connectivity index (χ3n) is 4.24. The van der Waals surface area contributed by atoms with Crippen LogP contribution in [0.15, 0.2) is 0 Å². The first-order chi connectivity index (χ1) is 9.56. The van der Waals surface area contributed by atoms with Crippen LogP contribution in [0.4, 0.5) is 0 Å². The number of aliphatic carboxylic acids is 1. The van der Waals surface area contributed by atoms with E-state index in [0.717, 1.165) is 0 Å². The van der Waals surface area contributed by atoms with Crippen molar-refractivity contribution >= 4 is 17.8 Å². The van der Waals surface area contributed by atoms with Gasteiger partial charge in [-0.25, -0.2) is 4.79 Å². The highest BCUT2D eigenvalue weighted by Crippen LogP contribution is 2.49. The summed E-state index contributed by atoms with van der Waals surface area (Å²) in [5, 5.41) is 11.3. The van der Waals surface area contributed by atoms with Crippen molar-refractivity contribution < 1.29 is 24.2 Å². The summed E-state index contributed by atoms with van der Waals surface area (Å²) in [7, 11) is 0. The monoisotopic (exact) mass is 301 g/mol. The van der Waals surface area contributed by atoms with Crippen molar-refractivity contribution in [3.8, 4) is 0 Å². The molecule has 1 saturated carbocycles. The van der Waals surface area contributed by atoms with E-state index in [1.54, 1.807) is 13.8 Å². The fourth-order valence-corrected chi connectivity index (χ4v) is 2.51. The summed E-state index contributed by atoms with van der Waals surface area (Å²) in [6.07, 6.45) is -0.354. The van der Waals surface area contributed by atoms with Crippen molar-refractivity contribution in [3.05, 3.63) is 0 Å². The highest BCUT2D eigenvalue weighted by atomic mass is 16.5. The molecule has 0 bridgehead atoms. The number of amides is 2. The molecule has 1 aliphatic carbocycles. The Morgan fingerprint density at radius 3 is 2.38 bits per heavy atom. The number of carbonyl (C=O) groups is 3. The first-order valence-corrected chi connectivity index (χ1v) is 6.78. The van der Waals surface area contributed by atoms with Gasteiger partial charge in [0.1, 0.15) is 11.6 Å². The van der Waals surface area contributed by atoms with E-state index in [4.69, 9.17) is 21.3 Å². The summed E-state index contributed by atoms with van der Waals surface area (Å²) in [4.78, 5) is 34.2. The minimum absolute atomic E-state index is 0.169. The number of ether oxygens (including phenoxy) is 1. The molecule has 3 atom stereocenters. The minimum Gasteiger partial charge on any atom is -0.480 e. The summed E-state index contributed by atoms with van der Waals surface area (Å²) in [5.41, 5.74) is 9.22. The number of primary amides is 1. The Morgan fingerprint density at radius 2 is 2.00 bits per heavy atom. The smallest absolute Gasteiger partial charge is 0.326 e. The standard InChI is InChI=1S/C13H23N3O5/c1-4-21-8-6-13(15,12(8,2)3)11(20)16-7(10(18)19)5-9(14)17/h7-8H,4-6,15H2,1-3H3,(H2,14,17)(H,16,20)(H,18,19)/t7-,8?,13?/m0/s1. The Morgan fingerprint density at radius 1 is 1.43 bits per heavy atom. The molecule has 0 aromatic rings. The molecule has 0 saturated heterocycles. The average Bonchev–Trinajstić information content (AvgIpc) is 2.36. The number of carboxylic acids is 1. The van der Waals surface area contributed by atoms with E-state index in [-0.39, 0.29) is 6.10 Å². The summed E-state index contributed by atoms with van der Waals surface area (Å²) >= 11 is 0. The number of carbonyl (C=O) groups excluding carboxylic acids is 2. The Labute approximate surface area is 123 Å². The third kappa shape index (κ3) is 3.16. The molecule has 120 valence electrons. The van der Waals surface area contributed by atoms with Crippen LogP contribution in [0.25, 0.3) is 0 Å². The van der Waals surface area contributed by atoms with E-state index in [2.05, 4.69) is 5.32 Å². The molecule has 0 heterocycles. The molecule has 1 fully saturated rings. The van der Waals surface area contributed by atoms with E-state index in [9.17, 15) is 14.4 Å². The van der Waals surface area contributed by atoms with Crippen LogP contribution in [0, 0.1) is 5.41 Å². The molecule has 0 aromatic carbocycles. The first-order valence-electron chi connectivity index (χ1n) is 6.78. The predicted molar refractivity (Wildman–Crippen MR) is 74.1 cm³/mol. The zero-order valence-corrected chi connectivity index (χ0v) is 12.5. The van der Waals surface area contributed by atoms with E-state index in [1.165, 1.54) is 0 Å². The Kier molecular flexibility index (Phi) is 4.95. The lowest BCUT2D eigenvalue weighted by molar-refractivity contribution is -0.172. The highest BCUT2D eigenvalue weighted by Gasteiger charge is 2.63. The van der Waals surface area contributed by atoms with Crippen molar-refractivity contribution in [1.82, 2.24) is 5.32 Å². The van der Waals surface area contributed by atoms with E-state index in [0.29, 0.717) is 13.0 Å². The van der Waals surface area contributed by atoms with Gasteiger partial charge in [0.25, 0.3) is 0 Å². The van der Waals surface area contributed by atoms with Gasteiger partial charge in [-0.2, -0.15) is 0 Å². The second-order valence-corrected chi connectivity index (χ2v) is 5.88. The van der Waals surface area contributed by atoms with Crippen LogP contribution in [-0.2, 0) is 19.1 Å². The van der Waals surface area contributed by atoms with Gasteiger partial charge in [0.2, 0.25) is 11.8 Å². The largest absolute Gasteiger partial charge is 0.480 e. The fraction of sp³-hybridized carbons (Fsp3) is 0.769. The Bertz CT molecular complexity index is 451. The normalized spacial score (nSPS) is 28.3. The van der Waals surface area contributed by atoms with Gasteiger partial charge in [0, 0.05) is 18.4 Å². The molecule has 2 amide bonds. The van der Waals surface area contributed by atoms with Crippen LogP contribution >= 0.6 is 0 Å². The van der Waals surface area contributed by atoms with Crippen LogP contribution in [0.2, 0.25) is 0 Å². The Balaban J connectivity index is 2.79. The summed E-state index contributed by atoms with van der Waals surface area (Å²) in [5.74, 6) is -2.75. The zero-order valence-electron chi connectivity index (χ0n) is 12.5. The van der Waals surface area contributed by atoms with Crippen LogP contribution in [-0.4, -0.2) is 47.2 Å². The zero-order chi connectivity index (χ0) is 16.4. The Hall–Kier alpha value is -1.67. The molecule has 8 heteroatoms. The molecule has 2 unspecified atom stereocenters. The molecule has 0 aliphatic heterocycles. The maximum atomic E-state index is 12.3. The summed E-state index contributed by atoms with van der Waals surface area (Å²) in [6, 6.07) is -1.38. The lowest BCUT2D eigenvalue weighted by Gasteiger charge is -2.57. The molecular weight excluding hydrogens is 278 g/mol. The van der Waals surface area contributed by atoms with E-state index in [1.807, 2.05) is 6.92 Å². The third-order valence-corrected chi connectivity index (χ3v) is 4.24. The minimum atomic E-state index is -1.38. The number of hydrogen-bond acceptors (Lipinski definition) is 5. The van der Waals surface area contributed by atoms with Gasteiger partial charge in [0.15, 0.2) is 0 Å². The number of rotatable bonds is 7. The molecule has 21 heavy (non-hydrogen) atoms.